The lowest BCUT2D eigenvalue weighted by atomic mass is 9.89. The van der Waals surface area contributed by atoms with E-state index in [9.17, 15) is 19.2 Å². The number of carboxylic acids is 1. The van der Waals surface area contributed by atoms with Gasteiger partial charge in [-0.2, -0.15) is 0 Å². The van der Waals surface area contributed by atoms with Crippen LogP contribution in [0.4, 0.5) is 5.69 Å². The molecule has 1 atom stereocenters. The van der Waals surface area contributed by atoms with Crippen LogP contribution in [0.1, 0.15) is 101 Å². The van der Waals surface area contributed by atoms with Crippen LogP contribution in [0.5, 0.6) is 0 Å². The lowest BCUT2D eigenvalue weighted by molar-refractivity contribution is -0.137. The van der Waals surface area contributed by atoms with E-state index >= 15 is 0 Å². The number of hydrogen-bond acceptors (Lipinski definition) is 5. The van der Waals surface area contributed by atoms with Crippen molar-refractivity contribution in [3.05, 3.63) is 29.8 Å². The molecular weight excluding hydrogens is 494 g/mol. The van der Waals surface area contributed by atoms with Gasteiger partial charge < -0.3 is 15.3 Å². The number of nitrogens with zero attached hydrogens (tertiary/aromatic N) is 1. The summed E-state index contributed by atoms with van der Waals surface area (Å²) in [6.45, 7) is 1.60. The Morgan fingerprint density at radius 1 is 0.865 bits per heavy atom. The van der Waals surface area contributed by atoms with E-state index in [1.165, 1.54) is 5.56 Å². The molecule has 1 aromatic rings. The van der Waals surface area contributed by atoms with Gasteiger partial charge in [-0.25, -0.2) is 0 Å². The lowest BCUT2D eigenvalue weighted by Gasteiger charge is -2.32. The maximum atomic E-state index is 12.6. The fourth-order valence-electron chi connectivity index (χ4n) is 5.12. The highest BCUT2D eigenvalue weighted by Gasteiger charge is 2.27. The number of halogens is 1. The highest BCUT2D eigenvalue weighted by Crippen LogP contribution is 2.29. The van der Waals surface area contributed by atoms with E-state index < -0.39 is 5.97 Å². The van der Waals surface area contributed by atoms with Crippen molar-refractivity contribution in [1.82, 2.24) is 10.2 Å². The zero-order valence-corrected chi connectivity index (χ0v) is 22.5. The van der Waals surface area contributed by atoms with Crippen molar-refractivity contribution in [3.63, 3.8) is 0 Å². The number of aliphatic carboxylic acids is 1. The standard InChI is InChI=1S/C28H41N3O5.ClH/c32-25-16-15-24(28(36)30-25)29-23-13-11-21(12-14-23)22-17-19-31(20-18-22)26(33)9-7-5-3-1-2-4-6-8-10-27(34)35;/h11-14,22,24,29H,1-10,15-20H2,(H,34,35)(H,30,32,36);1H. The first kappa shape index (κ1) is 30.6. The van der Waals surface area contributed by atoms with E-state index in [1.807, 2.05) is 17.0 Å². The van der Waals surface area contributed by atoms with Gasteiger partial charge in [-0.1, -0.05) is 50.7 Å². The van der Waals surface area contributed by atoms with Gasteiger partial charge in [0.1, 0.15) is 6.04 Å². The predicted molar refractivity (Wildman–Crippen MR) is 146 cm³/mol. The number of rotatable bonds is 14. The molecule has 2 aliphatic rings. The van der Waals surface area contributed by atoms with Gasteiger partial charge in [-0.05, 0) is 55.7 Å². The third kappa shape index (κ3) is 10.7. The third-order valence-electron chi connectivity index (χ3n) is 7.34. The Balaban J connectivity index is 0.00000481. The fraction of sp³-hybridized carbons (Fsp3) is 0.643. The minimum absolute atomic E-state index is 0. The molecule has 0 bridgehead atoms. The van der Waals surface area contributed by atoms with Crippen molar-refractivity contribution in [2.45, 2.75) is 102 Å². The smallest absolute Gasteiger partial charge is 0.303 e. The van der Waals surface area contributed by atoms with Crippen molar-refractivity contribution < 1.29 is 24.3 Å². The number of hydrogen-bond donors (Lipinski definition) is 3. The first-order valence-corrected chi connectivity index (χ1v) is 13.6. The Hall–Kier alpha value is -2.61. The van der Waals surface area contributed by atoms with Gasteiger partial charge in [-0.3, -0.25) is 24.5 Å². The average molecular weight is 536 g/mol. The van der Waals surface area contributed by atoms with Gasteiger partial charge in [-0.15, -0.1) is 12.4 Å². The molecule has 37 heavy (non-hydrogen) atoms. The predicted octanol–water partition coefficient (Wildman–Crippen LogP) is 5.02. The summed E-state index contributed by atoms with van der Waals surface area (Å²) in [5.74, 6) is -0.479. The molecule has 0 spiro atoms. The van der Waals surface area contributed by atoms with Crippen LogP contribution >= 0.6 is 12.4 Å². The lowest BCUT2D eigenvalue weighted by Crippen LogP contribution is -2.47. The van der Waals surface area contributed by atoms with Gasteiger partial charge >= 0.3 is 5.97 Å². The SMILES string of the molecule is Cl.O=C(O)CCCCCCCCCCC(=O)N1CCC(c2ccc(NC3CCC(=O)NC3=O)cc2)CC1. The minimum Gasteiger partial charge on any atom is -0.481 e. The first-order valence-electron chi connectivity index (χ1n) is 13.6. The molecule has 1 unspecified atom stereocenters. The summed E-state index contributed by atoms with van der Waals surface area (Å²) < 4.78 is 0. The Bertz CT molecular complexity index is 884. The van der Waals surface area contributed by atoms with Gasteiger partial charge in [0, 0.05) is 38.0 Å². The van der Waals surface area contributed by atoms with Gasteiger partial charge in [0.15, 0.2) is 0 Å². The number of amides is 3. The largest absolute Gasteiger partial charge is 0.481 e. The number of nitrogens with one attached hydrogen (secondary N) is 2. The van der Waals surface area contributed by atoms with Crippen molar-refractivity contribution in [2.75, 3.05) is 18.4 Å². The summed E-state index contributed by atoms with van der Waals surface area (Å²) in [4.78, 5) is 48.3. The zero-order valence-electron chi connectivity index (χ0n) is 21.7. The van der Waals surface area contributed by atoms with E-state index in [2.05, 4.69) is 22.8 Å². The molecular formula is C28H42ClN3O5. The molecule has 2 aliphatic heterocycles. The van der Waals surface area contributed by atoms with Gasteiger partial charge in [0.05, 0.1) is 0 Å². The molecule has 2 fully saturated rings. The molecule has 9 heteroatoms. The number of piperidine rings is 2. The Morgan fingerprint density at radius 3 is 2.00 bits per heavy atom. The number of carboxylic acid groups (broad SMARTS) is 1. The summed E-state index contributed by atoms with van der Waals surface area (Å²) in [7, 11) is 0. The number of likely N-dealkylation sites (tertiary alicyclic amines) is 1. The van der Waals surface area contributed by atoms with Gasteiger partial charge in [0.25, 0.3) is 0 Å². The second-order valence-corrected chi connectivity index (χ2v) is 10.1. The van der Waals surface area contributed by atoms with Crippen LogP contribution in [0.2, 0.25) is 0 Å². The molecule has 3 rings (SSSR count). The van der Waals surface area contributed by atoms with Gasteiger partial charge in [0.2, 0.25) is 17.7 Å². The zero-order chi connectivity index (χ0) is 25.8. The molecule has 3 amide bonds. The minimum atomic E-state index is -0.709. The summed E-state index contributed by atoms with van der Waals surface area (Å²) in [6.07, 6.45) is 12.0. The van der Waals surface area contributed by atoms with Crippen LogP contribution in [-0.4, -0.2) is 52.8 Å². The Morgan fingerprint density at radius 2 is 1.43 bits per heavy atom. The number of benzene rings is 1. The average Bonchev–Trinajstić information content (AvgIpc) is 2.87. The maximum absolute atomic E-state index is 12.6. The highest BCUT2D eigenvalue weighted by atomic mass is 35.5. The number of anilines is 1. The van der Waals surface area contributed by atoms with Crippen molar-refractivity contribution in [2.24, 2.45) is 0 Å². The van der Waals surface area contributed by atoms with Crippen LogP contribution in [0.3, 0.4) is 0 Å². The highest BCUT2D eigenvalue weighted by molar-refractivity contribution is 6.01. The summed E-state index contributed by atoms with van der Waals surface area (Å²) in [5, 5.41) is 14.2. The molecule has 3 N–H and O–H groups in total. The molecule has 1 aromatic carbocycles. The first-order chi connectivity index (χ1) is 17.4. The molecule has 0 aromatic heterocycles. The van der Waals surface area contributed by atoms with E-state index in [0.29, 0.717) is 25.2 Å². The molecule has 206 valence electrons. The second kappa shape index (κ2) is 16.3. The fourth-order valence-corrected chi connectivity index (χ4v) is 5.12. The van der Waals surface area contributed by atoms with Crippen LogP contribution in [0.15, 0.2) is 24.3 Å². The second-order valence-electron chi connectivity index (χ2n) is 10.1. The Kier molecular flexibility index (Phi) is 13.5. The Labute approximate surface area is 226 Å². The normalized spacial score (nSPS) is 18.2. The van der Waals surface area contributed by atoms with Crippen molar-refractivity contribution in [3.8, 4) is 0 Å². The molecule has 0 radical (unpaired) electrons. The number of unbranched alkanes of at least 4 members (excludes halogenated alkanes) is 7. The molecule has 2 heterocycles. The molecule has 2 saturated heterocycles. The molecule has 0 aliphatic carbocycles. The summed E-state index contributed by atoms with van der Waals surface area (Å²) in [5.41, 5.74) is 2.14. The monoisotopic (exact) mass is 535 g/mol. The van der Waals surface area contributed by atoms with Crippen LogP contribution in [-0.2, 0) is 19.2 Å². The van der Waals surface area contributed by atoms with Crippen LogP contribution < -0.4 is 10.6 Å². The van der Waals surface area contributed by atoms with Crippen molar-refractivity contribution in [1.29, 1.82) is 0 Å². The van der Waals surface area contributed by atoms with E-state index in [1.54, 1.807) is 0 Å². The molecule has 8 nitrogen and oxygen atoms in total. The van der Waals surface area contributed by atoms with E-state index in [0.717, 1.165) is 83.0 Å². The summed E-state index contributed by atoms with van der Waals surface area (Å²) >= 11 is 0. The number of carbonyl (C=O) groups is 4. The maximum Gasteiger partial charge on any atom is 0.303 e. The topological polar surface area (TPSA) is 116 Å². The third-order valence-corrected chi connectivity index (χ3v) is 7.34. The van der Waals surface area contributed by atoms with Crippen LogP contribution in [0, 0.1) is 0 Å². The van der Waals surface area contributed by atoms with E-state index in [4.69, 9.17) is 5.11 Å². The van der Waals surface area contributed by atoms with Crippen LogP contribution in [0.25, 0.3) is 0 Å². The number of imide groups is 1. The molecule has 0 saturated carbocycles. The van der Waals surface area contributed by atoms with E-state index in [-0.39, 0.29) is 42.6 Å². The van der Waals surface area contributed by atoms with Crippen molar-refractivity contribution >= 4 is 41.8 Å². The number of carbonyl (C=O) groups excluding carboxylic acids is 3. The quantitative estimate of drug-likeness (QED) is 0.227. The summed E-state index contributed by atoms with van der Waals surface area (Å²) in [6, 6.07) is 7.81.